The van der Waals surface area contributed by atoms with Crippen LogP contribution >= 0.6 is 7.82 Å². The third-order valence-corrected chi connectivity index (χ3v) is 9.53. The van der Waals surface area contributed by atoms with Gasteiger partial charge in [-0.1, -0.05) is 135 Å². The lowest BCUT2D eigenvalue weighted by Gasteiger charge is -2.24. The van der Waals surface area contributed by atoms with Gasteiger partial charge < -0.3 is 18.9 Å². The van der Waals surface area contributed by atoms with Crippen LogP contribution < -0.4 is 0 Å². The average molecular weight is 719 g/mol. The fourth-order valence-corrected chi connectivity index (χ4v) is 6.10. The fraction of sp³-hybridized carbons (Fsp3) is 0.897. The summed E-state index contributed by atoms with van der Waals surface area (Å²) in [5.74, 6) is -0.804. The van der Waals surface area contributed by atoms with Crippen LogP contribution in [0.15, 0.2) is 12.2 Å². The van der Waals surface area contributed by atoms with Crippen molar-refractivity contribution in [2.45, 2.75) is 180 Å². The van der Waals surface area contributed by atoms with Crippen LogP contribution in [0.1, 0.15) is 174 Å². The molecule has 0 amide bonds. The third-order valence-electron chi connectivity index (χ3n) is 8.55. The number of carbonyl (C=O) groups excluding carboxylic acids is 2. The summed E-state index contributed by atoms with van der Waals surface area (Å²) in [6.45, 7) is 4.38. The lowest BCUT2D eigenvalue weighted by atomic mass is 10.0. The molecule has 49 heavy (non-hydrogen) atoms. The van der Waals surface area contributed by atoms with Gasteiger partial charge >= 0.3 is 19.8 Å². The molecule has 0 saturated heterocycles. The average Bonchev–Trinajstić information content (AvgIpc) is 3.04. The predicted octanol–water partition coefficient (Wildman–Crippen LogP) is 10.6. The number of quaternary nitrogens is 1. The van der Waals surface area contributed by atoms with Gasteiger partial charge in [-0.05, 0) is 38.5 Å². The van der Waals surface area contributed by atoms with E-state index in [-0.39, 0.29) is 25.6 Å². The second-order valence-electron chi connectivity index (χ2n) is 14.7. The molecule has 0 bridgehead atoms. The number of unbranched alkanes of at least 4 members (excludes halogenated alkanes) is 20. The topological polar surface area (TPSA) is 108 Å². The summed E-state index contributed by atoms with van der Waals surface area (Å²) in [6, 6.07) is 0. The molecule has 2 atom stereocenters. The Hall–Kier alpha value is -1.25. The number of likely N-dealkylation sites (N-methyl/N-ethyl adjacent to an activating group) is 1. The van der Waals surface area contributed by atoms with Crippen molar-refractivity contribution in [1.29, 1.82) is 0 Å². The van der Waals surface area contributed by atoms with Gasteiger partial charge in [-0.2, -0.15) is 0 Å². The van der Waals surface area contributed by atoms with Crippen LogP contribution in [-0.4, -0.2) is 74.9 Å². The Balaban J connectivity index is 4.41. The van der Waals surface area contributed by atoms with Gasteiger partial charge in [0.1, 0.15) is 19.8 Å². The van der Waals surface area contributed by atoms with E-state index >= 15 is 0 Å². The van der Waals surface area contributed by atoms with E-state index in [1.165, 1.54) is 89.9 Å². The minimum absolute atomic E-state index is 0.0328. The van der Waals surface area contributed by atoms with Gasteiger partial charge in [0.15, 0.2) is 6.10 Å². The summed E-state index contributed by atoms with van der Waals surface area (Å²) in [4.78, 5) is 35.2. The van der Waals surface area contributed by atoms with E-state index in [2.05, 4.69) is 26.0 Å². The molecule has 0 aliphatic carbocycles. The monoisotopic (exact) mass is 719 g/mol. The van der Waals surface area contributed by atoms with Crippen molar-refractivity contribution < 1.29 is 42.1 Å². The molecule has 0 rings (SSSR count). The van der Waals surface area contributed by atoms with Crippen LogP contribution in [0.4, 0.5) is 0 Å². The highest BCUT2D eigenvalue weighted by Gasteiger charge is 2.27. The number of nitrogens with zero attached hydrogens (tertiary/aromatic N) is 1. The Morgan fingerprint density at radius 2 is 1.04 bits per heavy atom. The van der Waals surface area contributed by atoms with Gasteiger partial charge in [-0.25, -0.2) is 4.57 Å². The van der Waals surface area contributed by atoms with Crippen LogP contribution in [0.2, 0.25) is 0 Å². The summed E-state index contributed by atoms with van der Waals surface area (Å²) in [6.07, 6.45) is 31.1. The maximum Gasteiger partial charge on any atom is 0.472 e. The molecule has 1 N–H and O–H groups in total. The first-order chi connectivity index (χ1) is 23.5. The van der Waals surface area contributed by atoms with E-state index in [4.69, 9.17) is 18.5 Å². The van der Waals surface area contributed by atoms with Crippen LogP contribution in [0.25, 0.3) is 0 Å². The van der Waals surface area contributed by atoms with E-state index in [0.29, 0.717) is 23.9 Å². The fourth-order valence-electron chi connectivity index (χ4n) is 5.36. The summed E-state index contributed by atoms with van der Waals surface area (Å²) >= 11 is 0. The molecule has 0 aromatic heterocycles. The molecule has 290 valence electrons. The summed E-state index contributed by atoms with van der Waals surface area (Å²) < 4.78 is 34.2. The van der Waals surface area contributed by atoms with E-state index in [0.717, 1.165) is 51.4 Å². The van der Waals surface area contributed by atoms with Gasteiger partial charge in [-0.3, -0.25) is 18.6 Å². The molecule has 1 unspecified atom stereocenters. The number of phosphoric ester groups is 1. The van der Waals surface area contributed by atoms with Gasteiger partial charge in [0, 0.05) is 12.8 Å². The Morgan fingerprint density at radius 1 is 0.612 bits per heavy atom. The highest BCUT2D eigenvalue weighted by atomic mass is 31.2. The van der Waals surface area contributed by atoms with Crippen LogP contribution in [0, 0.1) is 0 Å². The highest BCUT2D eigenvalue weighted by molar-refractivity contribution is 7.47. The maximum absolute atomic E-state index is 12.6. The number of rotatable bonds is 36. The second-order valence-corrected chi connectivity index (χ2v) is 16.1. The van der Waals surface area contributed by atoms with E-state index in [9.17, 15) is 19.0 Å². The van der Waals surface area contributed by atoms with E-state index in [1.54, 1.807) is 0 Å². The number of hydrogen-bond acceptors (Lipinski definition) is 7. The summed E-state index contributed by atoms with van der Waals surface area (Å²) in [5.41, 5.74) is 0. The maximum atomic E-state index is 12.6. The van der Waals surface area contributed by atoms with Crippen molar-refractivity contribution >= 4 is 19.8 Å². The summed E-state index contributed by atoms with van der Waals surface area (Å²) in [7, 11) is 1.48. The zero-order valence-corrected chi connectivity index (χ0v) is 33.3. The molecule has 0 fully saturated rings. The zero-order valence-electron chi connectivity index (χ0n) is 32.4. The largest absolute Gasteiger partial charge is 0.472 e. The molecule has 0 aromatic rings. The normalized spacial score (nSPS) is 13.8. The van der Waals surface area contributed by atoms with Crippen LogP contribution in [0.3, 0.4) is 0 Å². The molecule has 0 aliphatic rings. The molecule has 9 nitrogen and oxygen atoms in total. The van der Waals surface area contributed by atoms with E-state index < -0.39 is 26.5 Å². The molecule has 0 spiro atoms. The molecule has 0 radical (unpaired) electrons. The van der Waals surface area contributed by atoms with Crippen molar-refractivity contribution in [3.63, 3.8) is 0 Å². The van der Waals surface area contributed by atoms with E-state index in [1.807, 2.05) is 21.1 Å². The third kappa shape index (κ3) is 36.3. The molecular formula is C39H77NO8P+. The van der Waals surface area contributed by atoms with Gasteiger partial charge in [0.2, 0.25) is 0 Å². The standard InChI is InChI=1S/C39H76NO8P/c1-6-8-10-12-14-16-18-20-22-23-25-27-29-31-38(41)45-35-37(36-47-49(43,44)46-34-33-40(3,4)5)48-39(42)32-30-28-26-24-21-19-17-15-13-11-9-7-2/h15,17,37H,6-14,16,18-36H2,1-5H3/p+1/b17-15-/t37-/m0/s1. The lowest BCUT2D eigenvalue weighted by molar-refractivity contribution is -0.870. The molecule has 10 heteroatoms. The number of phosphoric acid groups is 1. The van der Waals surface area contributed by atoms with Gasteiger partial charge in [0.25, 0.3) is 0 Å². The Morgan fingerprint density at radius 3 is 1.55 bits per heavy atom. The van der Waals surface area contributed by atoms with Crippen LogP contribution in [0.5, 0.6) is 0 Å². The number of ether oxygens (including phenoxy) is 2. The lowest BCUT2D eigenvalue weighted by Crippen LogP contribution is -2.37. The Kier molecular flexibility index (Phi) is 31.8. The smallest absolute Gasteiger partial charge is 0.462 e. The first-order valence-electron chi connectivity index (χ1n) is 19.9. The van der Waals surface area contributed by atoms with Crippen molar-refractivity contribution in [3.8, 4) is 0 Å². The van der Waals surface area contributed by atoms with Crippen molar-refractivity contribution in [2.24, 2.45) is 0 Å². The van der Waals surface area contributed by atoms with Crippen molar-refractivity contribution in [1.82, 2.24) is 0 Å². The SMILES string of the molecule is CCCCC/C=C\CCCCCCCC(=O)O[C@@H](COC(=O)CCCCCCCCCCCCCCC)COP(=O)(O)OCC[N+](C)(C)C. The second kappa shape index (κ2) is 32.6. The number of allylic oxidation sites excluding steroid dienone is 2. The molecular weight excluding hydrogens is 641 g/mol. The van der Waals surface area contributed by atoms with Crippen molar-refractivity contribution in [2.75, 3.05) is 47.5 Å². The highest BCUT2D eigenvalue weighted by Crippen LogP contribution is 2.43. The summed E-state index contributed by atoms with van der Waals surface area (Å²) in [5, 5.41) is 0. The molecule has 0 saturated carbocycles. The molecule has 0 aliphatic heterocycles. The quantitative estimate of drug-likeness (QED) is 0.0224. The minimum Gasteiger partial charge on any atom is -0.462 e. The first-order valence-corrected chi connectivity index (χ1v) is 21.4. The number of hydrogen-bond donors (Lipinski definition) is 1. The molecule has 0 heterocycles. The molecule has 0 aromatic carbocycles. The van der Waals surface area contributed by atoms with Crippen molar-refractivity contribution in [3.05, 3.63) is 12.2 Å². The van der Waals surface area contributed by atoms with Gasteiger partial charge in [0.05, 0.1) is 27.7 Å². The van der Waals surface area contributed by atoms with Gasteiger partial charge in [-0.15, -0.1) is 0 Å². The number of esters is 2. The number of carbonyl (C=O) groups is 2. The van der Waals surface area contributed by atoms with Crippen LogP contribution in [-0.2, 0) is 32.7 Å². The predicted molar refractivity (Wildman–Crippen MR) is 201 cm³/mol. The Bertz CT molecular complexity index is 860. The minimum atomic E-state index is -4.36. The Labute approximate surface area is 301 Å². The first kappa shape index (κ1) is 47.8. The zero-order chi connectivity index (χ0) is 36.5.